The molecule has 4 nitrogen and oxygen atoms in total. The SMILES string of the molecule is CC[C@@H](CO)NCc1cc(Br)cc(OC)c1OC(C)C. The number of aliphatic hydroxyl groups excluding tert-OH is 1. The minimum absolute atomic E-state index is 0.0728. The Balaban J connectivity index is 2.99. The molecule has 0 aliphatic rings. The predicted octanol–water partition coefficient (Wildman–Crippen LogP) is 3.11. The first-order chi connectivity index (χ1) is 9.51. The van der Waals surface area contributed by atoms with E-state index in [1.165, 1.54) is 0 Å². The van der Waals surface area contributed by atoms with Gasteiger partial charge in [0, 0.05) is 22.6 Å². The molecule has 2 N–H and O–H groups in total. The number of rotatable bonds is 8. The Hall–Kier alpha value is -0.780. The molecule has 0 saturated heterocycles. The summed E-state index contributed by atoms with van der Waals surface area (Å²) in [6.45, 7) is 6.77. The Labute approximate surface area is 129 Å². The van der Waals surface area contributed by atoms with E-state index in [0.29, 0.717) is 12.3 Å². The van der Waals surface area contributed by atoms with Gasteiger partial charge in [-0.2, -0.15) is 0 Å². The van der Waals surface area contributed by atoms with Gasteiger partial charge in [-0.25, -0.2) is 0 Å². The Morgan fingerprint density at radius 2 is 2.05 bits per heavy atom. The zero-order valence-corrected chi connectivity index (χ0v) is 14.2. The molecule has 1 aromatic carbocycles. The van der Waals surface area contributed by atoms with Gasteiger partial charge >= 0.3 is 0 Å². The normalized spacial score (nSPS) is 12.6. The van der Waals surface area contributed by atoms with Gasteiger partial charge in [-0.1, -0.05) is 22.9 Å². The van der Waals surface area contributed by atoms with Crippen LogP contribution in [0.5, 0.6) is 11.5 Å². The summed E-state index contributed by atoms with van der Waals surface area (Å²) in [5.74, 6) is 1.47. The first-order valence-corrected chi connectivity index (χ1v) is 7.68. The van der Waals surface area contributed by atoms with Gasteiger partial charge in [0.25, 0.3) is 0 Å². The minimum Gasteiger partial charge on any atom is -0.493 e. The van der Waals surface area contributed by atoms with E-state index in [9.17, 15) is 5.11 Å². The van der Waals surface area contributed by atoms with Crippen molar-refractivity contribution in [3.63, 3.8) is 0 Å². The van der Waals surface area contributed by atoms with Gasteiger partial charge in [0.05, 0.1) is 19.8 Å². The lowest BCUT2D eigenvalue weighted by molar-refractivity contribution is 0.222. The fourth-order valence-electron chi connectivity index (χ4n) is 1.87. The number of aliphatic hydroxyl groups is 1. The molecule has 20 heavy (non-hydrogen) atoms. The van der Waals surface area contributed by atoms with E-state index in [2.05, 4.69) is 21.2 Å². The molecule has 0 bridgehead atoms. The van der Waals surface area contributed by atoms with Gasteiger partial charge in [-0.05, 0) is 32.4 Å². The Bertz CT molecular complexity index is 420. The standard InChI is InChI=1S/C15H24BrNO3/c1-5-13(9-18)17-8-11-6-12(16)7-14(19-4)15(11)20-10(2)3/h6-7,10,13,17-18H,5,8-9H2,1-4H3/t13-/m0/s1. The van der Waals surface area contributed by atoms with Gasteiger partial charge in [-0.3, -0.25) is 0 Å². The van der Waals surface area contributed by atoms with E-state index in [1.54, 1.807) is 7.11 Å². The zero-order chi connectivity index (χ0) is 15.1. The molecule has 0 aliphatic carbocycles. The van der Waals surface area contributed by atoms with Crippen LogP contribution in [0.1, 0.15) is 32.8 Å². The zero-order valence-electron chi connectivity index (χ0n) is 12.6. The highest BCUT2D eigenvalue weighted by atomic mass is 79.9. The number of methoxy groups -OCH3 is 1. The number of benzene rings is 1. The molecule has 0 aliphatic heterocycles. The molecule has 1 rings (SSSR count). The Morgan fingerprint density at radius 3 is 2.55 bits per heavy atom. The largest absolute Gasteiger partial charge is 0.493 e. The first-order valence-electron chi connectivity index (χ1n) is 6.89. The lowest BCUT2D eigenvalue weighted by Crippen LogP contribution is -2.31. The lowest BCUT2D eigenvalue weighted by atomic mass is 10.1. The summed E-state index contributed by atoms with van der Waals surface area (Å²) in [6.07, 6.45) is 0.950. The fourth-order valence-corrected chi connectivity index (χ4v) is 2.35. The number of halogens is 1. The van der Waals surface area contributed by atoms with Crippen LogP contribution in [0.2, 0.25) is 0 Å². The van der Waals surface area contributed by atoms with Crippen LogP contribution in [0.25, 0.3) is 0 Å². The van der Waals surface area contributed by atoms with Gasteiger partial charge in [0.1, 0.15) is 0 Å². The average Bonchev–Trinajstić information content (AvgIpc) is 2.41. The third-order valence-corrected chi connectivity index (χ3v) is 3.42. The summed E-state index contributed by atoms with van der Waals surface area (Å²) in [5, 5.41) is 12.6. The topological polar surface area (TPSA) is 50.7 Å². The summed E-state index contributed by atoms with van der Waals surface area (Å²) in [6, 6.07) is 3.99. The molecule has 5 heteroatoms. The molecule has 0 aromatic heterocycles. The summed E-state index contributed by atoms with van der Waals surface area (Å²) in [5.41, 5.74) is 1.01. The van der Waals surface area contributed by atoms with Crippen molar-refractivity contribution in [2.24, 2.45) is 0 Å². The van der Waals surface area contributed by atoms with E-state index in [0.717, 1.165) is 22.2 Å². The van der Waals surface area contributed by atoms with Crippen LogP contribution in [0.15, 0.2) is 16.6 Å². The smallest absolute Gasteiger partial charge is 0.166 e. The monoisotopic (exact) mass is 345 g/mol. The quantitative estimate of drug-likeness (QED) is 0.760. The molecule has 114 valence electrons. The Kier molecular flexibility index (Phi) is 7.34. The number of hydrogen-bond acceptors (Lipinski definition) is 4. The second-order valence-corrected chi connectivity index (χ2v) is 5.85. The molecular formula is C15H24BrNO3. The van der Waals surface area contributed by atoms with Crippen molar-refractivity contribution in [2.75, 3.05) is 13.7 Å². The van der Waals surface area contributed by atoms with Crippen LogP contribution in [-0.2, 0) is 6.54 Å². The van der Waals surface area contributed by atoms with Gasteiger partial charge in [0.2, 0.25) is 0 Å². The van der Waals surface area contributed by atoms with Gasteiger partial charge in [0.15, 0.2) is 11.5 Å². The summed E-state index contributed by atoms with van der Waals surface area (Å²) in [7, 11) is 1.63. The molecule has 0 fully saturated rings. The van der Waals surface area contributed by atoms with Crippen molar-refractivity contribution in [2.45, 2.75) is 45.9 Å². The second kappa shape index (κ2) is 8.49. The lowest BCUT2D eigenvalue weighted by Gasteiger charge is -2.20. The highest BCUT2D eigenvalue weighted by molar-refractivity contribution is 9.10. The molecule has 0 unspecified atom stereocenters. The summed E-state index contributed by atoms with van der Waals surface area (Å²) in [4.78, 5) is 0. The third-order valence-electron chi connectivity index (χ3n) is 2.96. The molecule has 0 saturated carbocycles. The van der Waals surface area contributed by atoms with Crippen LogP contribution in [0.4, 0.5) is 0 Å². The van der Waals surface area contributed by atoms with Crippen LogP contribution in [-0.4, -0.2) is 31.0 Å². The van der Waals surface area contributed by atoms with Crippen molar-refractivity contribution in [3.8, 4) is 11.5 Å². The minimum atomic E-state index is 0.0728. The van der Waals surface area contributed by atoms with Gasteiger partial charge < -0.3 is 19.9 Å². The van der Waals surface area contributed by atoms with Crippen LogP contribution in [0.3, 0.4) is 0 Å². The number of nitrogens with one attached hydrogen (secondary N) is 1. The number of ether oxygens (including phenoxy) is 2. The van der Waals surface area contributed by atoms with E-state index in [1.807, 2.05) is 32.9 Å². The average molecular weight is 346 g/mol. The molecule has 0 spiro atoms. The van der Waals surface area contributed by atoms with E-state index >= 15 is 0 Å². The van der Waals surface area contributed by atoms with Crippen molar-refractivity contribution in [1.29, 1.82) is 0 Å². The predicted molar refractivity (Wildman–Crippen MR) is 84.5 cm³/mol. The van der Waals surface area contributed by atoms with Crippen molar-refractivity contribution >= 4 is 15.9 Å². The first kappa shape index (κ1) is 17.3. The summed E-state index contributed by atoms with van der Waals surface area (Å²) < 4.78 is 12.2. The van der Waals surface area contributed by atoms with Crippen LogP contribution >= 0.6 is 15.9 Å². The van der Waals surface area contributed by atoms with E-state index < -0.39 is 0 Å². The van der Waals surface area contributed by atoms with Crippen LogP contribution < -0.4 is 14.8 Å². The van der Waals surface area contributed by atoms with Crippen molar-refractivity contribution in [1.82, 2.24) is 5.32 Å². The highest BCUT2D eigenvalue weighted by Crippen LogP contribution is 2.35. The molecular weight excluding hydrogens is 322 g/mol. The summed E-state index contributed by atoms with van der Waals surface area (Å²) >= 11 is 3.48. The van der Waals surface area contributed by atoms with E-state index in [-0.39, 0.29) is 18.8 Å². The van der Waals surface area contributed by atoms with Crippen LogP contribution in [0, 0.1) is 0 Å². The molecule has 1 atom stereocenters. The maximum absolute atomic E-state index is 9.25. The fraction of sp³-hybridized carbons (Fsp3) is 0.600. The van der Waals surface area contributed by atoms with Crippen molar-refractivity contribution < 1.29 is 14.6 Å². The van der Waals surface area contributed by atoms with Crippen molar-refractivity contribution in [3.05, 3.63) is 22.2 Å². The maximum Gasteiger partial charge on any atom is 0.166 e. The molecule has 0 amide bonds. The van der Waals surface area contributed by atoms with E-state index in [4.69, 9.17) is 9.47 Å². The number of hydrogen-bond donors (Lipinski definition) is 2. The molecule has 0 radical (unpaired) electrons. The second-order valence-electron chi connectivity index (χ2n) is 4.93. The van der Waals surface area contributed by atoms with Gasteiger partial charge in [-0.15, -0.1) is 0 Å². The Morgan fingerprint density at radius 1 is 1.35 bits per heavy atom. The third kappa shape index (κ3) is 4.96. The molecule has 1 aromatic rings. The maximum atomic E-state index is 9.25. The highest BCUT2D eigenvalue weighted by Gasteiger charge is 2.15. The molecule has 0 heterocycles.